The van der Waals surface area contributed by atoms with E-state index in [4.69, 9.17) is 0 Å². The Kier molecular flexibility index (Phi) is 2.86. The minimum absolute atomic E-state index is 0.423. The molecule has 1 atom stereocenters. The summed E-state index contributed by atoms with van der Waals surface area (Å²) < 4.78 is 25.6. The lowest BCUT2D eigenvalue weighted by atomic mass is 9.85. The SMILES string of the molecule is CCC1=CCC(C(C)(F)F)CC1. The molecule has 0 aromatic heterocycles. The second kappa shape index (κ2) is 3.55. The Morgan fingerprint density at radius 3 is 2.58 bits per heavy atom. The molecule has 0 radical (unpaired) electrons. The fourth-order valence-corrected chi connectivity index (χ4v) is 1.67. The normalized spacial score (nSPS) is 25.3. The van der Waals surface area contributed by atoms with Crippen molar-refractivity contribution in [2.75, 3.05) is 0 Å². The van der Waals surface area contributed by atoms with Crippen molar-refractivity contribution in [2.24, 2.45) is 5.92 Å². The summed E-state index contributed by atoms with van der Waals surface area (Å²) >= 11 is 0. The van der Waals surface area contributed by atoms with Gasteiger partial charge in [0.15, 0.2) is 0 Å². The smallest absolute Gasteiger partial charge is 0.207 e. The number of allylic oxidation sites excluding steroid dienone is 2. The molecule has 0 saturated heterocycles. The van der Waals surface area contributed by atoms with Gasteiger partial charge < -0.3 is 0 Å². The molecule has 0 nitrogen and oxygen atoms in total. The fraction of sp³-hybridized carbons (Fsp3) is 0.800. The zero-order valence-corrected chi connectivity index (χ0v) is 7.74. The second-order valence-electron chi connectivity index (χ2n) is 3.64. The molecule has 0 heterocycles. The lowest BCUT2D eigenvalue weighted by molar-refractivity contribution is -0.0431. The van der Waals surface area contributed by atoms with Crippen molar-refractivity contribution in [1.29, 1.82) is 0 Å². The highest BCUT2D eigenvalue weighted by atomic mass is 19.3. The van der Waals surface area contributed by atoms with Gasteiger partial charge in [-0.25, -0.2) is 8.78 Å². The van der Waals surface area contributed by atoms with E-state index in [-0.39, 0.29) is 0 Å². The summed E-state index contributed by atoms with van der Waals surface area (Å²) in [6.07, 6.45) is 5.09. The van der Waals surface area contributed by atoms with Gasteiger partial charge in [-0.15, -0.1) is 0 Å². The number of halogens is 2. The van der Waals surface area contributed by atoms with Crippen molar-refractivity contribution in [3.05, 3.63) is 11.6 Å². The highest BCUT2D eigenvalue weighted by Crippen LogP contribution is 2.35. The van der Waals surface area contributed by atoms with E-state index in [1.807, 2.05) is 6.08 Å². The van der Waals surface area contributed by atoms with Gasteiger partial charge in [0, 0.05) is 5.92 Å². The Morgan fingerprint density at radius 2 is 2.25 bits per heavy atom. The molecule has 1 aliphatic rings. The summed E-state index contributed by atoms with van der Waals surface area (Å²) in [5, 5.41) is 0. The third kappa shape index (κ3) is 2.29. The van der Waals surface area contributed by atoms with E-state index < -0.39 is 11.8 Å². The van der Waals surface area contributed by atoms with Crippen molar-refractivity contribution >= 4 is 0 Å². The van der Waals surface area contributed by atoms with Crippen molar-refractivity contribution in [3.63, 3.8) is 0 Å². The topological polar surface area (TPSA) is 0 Å². The summed E-state index contributed by atoms with van der Waals surface area (Å²) in [4.78, 5) is 0. The van der Waals surface area contributed by atoms with Crippen LogP contribution in [0.2, 0.25) is 0 Å². The number of alkyl halides is 2. The van der Waals surface area contributed by atoms with Crippen LogP contribution in [-0.2, 0) is 0 Å². The third-order valence-corrected chi connectivity index (χ3v) is 2.68. The number of hydrogen-bond acceptors (Lipinski definition) is 0. The third-order valence-electron chi connectivity index (χ3n) is 2.68. The number of rotatable bonds is 2. The Hall–Kier alpha value is -0.400. The first kappa shape index (κ1) is 9.69. The molecule has 0 aliphatic heterocycles. The first-order chi connectivity index (χ1) is 5.54. The van der Waals surface area contributed by atoms with E-state index in [9.17, 15) is 8.78 Å². The van der Waals surface area contributed by atoms with Crippen LogP contribution in [0, 0.1) is 5.92 Å². The van der Waals surface area contributed by atoms with E-state index in [1.165, 1.54) is 5.57 Å². The quantitative estimate of drug-likeness (QED) is 0.559. The average Bonchev–Trinajstić information content (AvgIpc) is 2.03. The maximum atomic E-state index is 12.8. The Morgan fingerprint density at radius 1 is 1.58 bits per heavy atom. The van der Waals surface area contributed by atoms with Crippen LogP contribution in [0.4, 0.5) is 8.78 Å². The van der Waals surface area contributed by atoms with Gasteiger partial charge in [0.25, 0.3) is 0 Å². The Balaban J connectivity index is 2.52. The van der Waals surface area contributed by atoms with Gasteiger partial charge in [-0.3, -0.25) is 0 Å². The van der Waals surface area contributed by atoms with Gasteiger partial charge in [-0.05, 0) is 32.6 Å². The largest absolute Gasteiger partial charge is 0.248 e. The zero-order valence-electron chi connectivity index (χ0n) is 7.74. The lowest BCUT2D eigenvalue weighted by Gasteiger charge is -2.26. The van der Waals surface area contributed by atoms with E-state index >= 15 is 0 Å². The minimum Gasteiger partial charge on any atom is -0.207 e. The second-order valence-corrected chi connectivity index (χ2v) is 3.64. The van der Waals surface area contributed by atoms with Gasteiger partial charge in [0.05, 0.1) is 0 Å². The molecule has 0 fully saturated rings. The highest BCUT2D eigenvalue weighted by molar-refractivity contribution is 5.06. The molecule has 0 bridgehead atoms. The molecule has 70 valence electrons. The van der Waals surface area contributed by atoms with Crippen LogP contribution in [-0.4, -0.2) is 5.92 Å². The summed E-state index contributed by atoms with van der Waals surface area (Å²) in [5.41, 5.74) is 1.34. The molecule has 1 rings (SSSR count). The van der Waals surface area contributed by atoms with Gasteiger partial charge in [-0.1, -0.05) is 18.6 Å². The Bertz CT molecular complexity index is 177. The highest BCUT2D eigenvalue weighted by Gasteiger charge is 2.34. The molecule has 0 saturated carbocycles. The molecule has 12 heavy (non-hydrogen) atoms. The van der Waals surface area contributed by atoms with Crippen LogP contribution in [0.15, 0.2) is 11.6 Å². The summed E-state index contributed by atoms with van der Waals surface area (Å²) in [5.74, 6) is -2.91. The first-order valence-corrected chi connectivity index (χ1v) is 4.59. The zero-order chi connectivity index (χ0) is 9.19. The first-order valence-electron chi connectivity index (χ1n) is 4.59. The van der Waals surface area contributed by atoms with Crippen LogP contribution in [0.25, 0.3) is 0 Å². The van der Waals surface area contributed by atoms with Gasteiger partial charge in [0.2, 0.25) is 5.92 Å². The Labute approximate surface area is 72.7 Å². The van der Waals surface area contributed by atoms with Crippen molar-refractivity contribution in [2.45, 2.75) is 45.5 Å². The number of hydrogen-bond donors (Lipinski definition) is 0. The molecule has 0 aromatic carbocycles. The van der Waals surface area contributed by atoms with E-state index in [2.05, 4.69) is 6.92 Å². The van der Waals surface area contributed by atoms with Gasteiger partial charge >= 0.3 is 0 Å². The van der Waals surface area contributed by atoms with Crippen LogP contribution in [0.3, 0.4) is 0 Å². The molecule has 2 heteroatoms. The molecule has 0 aromatic rings. The van der Waals surface area contributed by atoms with Crippen LogP contribution < -0.4 is 0 Å². The lowest BCUT2D eigenvalue weighted by Crippen LogP contribution is -2.25. The molecule has 0 spiro atoms. The predicted molar refractivity (Wildman–Crippen MR) is 46.3 cm³/mol. The fourth-order valence-electron chi connectivity index (χ4n) is 1.67. The van der Waals surface area contributed by atoms with Gasteiger partial charge in [-0.2, -0.15) is 0 Å². The van der Waals surface area contributed by atoms with E-state index in [1.54, 1.807) is 0 Å². The van der Waals surface area contributed by atoms with Crippen LogP contribution >= 0.6 is 0 Å². The molecule has 1 unspecified atom stereocenters. The summed E-state index contributed by atoms with van der Waals surface area (Å²) in [7, 11) is 0. The monoisotopic (exact) mass is 174 g/mol. The van der Waals surface area contributed by atoms with E-state index in [0.29, 0.717) is 12.8 Å². The molecular weight excluding hydrogens is 158 g/mol. The van der Waals surface area contributed by atoms with Crippen molar-refractivity contribution < 1.29 is 8.78 Å². The van der Waals surface area contributed by atoms with Gasteiger partial charge in [0.1, 0.15) is 0 Å². The molecule has 0 N–H and O–H groups in total. The minimum atomic E-state index is -2.49. The van der Waals surface area contributed by atoms with Crippen LogP contribution in [0.5, 0.6) is 0 Å². The van der Waals surface area contributed by atoms with Crippen molar-refractivity contribution in [3.8, 4) is 0 Å². The maximum Gasteiger partial charge on any atom is 0.248 e. The van der Waals surface area contributed by atoms with E-state index in [0.717, 1.165) is 19.8 Å². The standard InChI is InChI=1S/C10H16F2/c1-3-8-4-6-9(7-5-8)10(2,11)12/h4,9H,3,5-7H2,1-2H3. The molecule has 1 aliphatic carbocycles. The summed E-state index contributed by atoms with van der Waals surface area (Å²) in [6, 6.07) is 0. The van der Waals surface area contributed by atoms with Crippen molar-refractivity contribution in [1.82, 2.24) is 0 Å². The maximum absolute atomic E-state index is 12.8. The molecule has 0 amide bonds. The summed E-state index contributed by atoms with van der Waals surface area (Å²) in [6.45, 7) is 3.11. The predicted octanol–water partition coefficient (Wildman–Crippen LogP) is 3.78. The molecular formula is C10H16F2. The average molecular weight is 174 g/mol. The van der Waals surface area contributed by atoms with Crippen LogP contribution in [0.1, 0.15) is 39.5 Å².